The van der Waals surface area contributed by atoms with Crippen molar-refractivity contribution in [3.05, 3.63) is 48.5 Å². The van der Waals surface area contributed by atoms with Gasteiger partial charge in [0.15, 0.2) is 11.5 Å². The van der Waals surface area contributed by atoms with E-state index in [4.69, 9.17) is 9.99 Å². The summed E-state index contributed by atoms with van der Waals surface area (Å²) in [6, 6.07) is 9.86. The van der Waals surface area contributed by atoms with Gasteiger partial charge in [0.1, 0.15) is 11.4 Å². The molecule has 5 rings (SSSR count). The Morgan fingerprint density at radius 3 is 2.51 bits per heavy atom. The number of nitrogens with one attached hydrogen (secondary N) is 1. The summed E-state index contributed by atoms with van der Waals surface area (Å²) in [7, 11) is -4.85. The molecule has 5 N–H and O–H groups in total. The zero-order chi connectivity index (χ0) is 29.9. The smallest absolute Gasteiger partial charge is 0.315 e. The van der Waals surface area contributed by atoms with Gasteiger partial charge in [-0.2, -0.15) is 27.8 Å². The van der Waals surface area contributed by atoms with E-state index in [1.165, 1.54) is 6.07 Å². The average molecular weight is 685 g/mol. The van der Waals surface area contributed by atoms with Crippen molar-refractivity contribution in [2.75, 3.05) is 36.5 Å². The summed E-state index contributed by atoms with van der Waals surface area (Å²) in [5.74, 6) is -1.46. The Labute approximate surface area is 256 Å². The fourth-order valence-corrected chi connectivity index (χ4v) is 4.97. The molecule has 20 heteroatoms. The molecule has 1 aromatic heterocycles. The molecule has 1 aliphatic heterocycles. The standard InChI is InChI=1S/C23H20FN7O9S2.Cu/c24-21-26-22(28-23(27-21)31-5-7-38-8-6-31)25-15-10-13(42(35,36)37)11-16(20(15)33)29-30-18-17(41-40-39-34)9-12-3-1-2-4-14(12)19(18)32;/h1-4,9-11,32-34H,5-8H2,(H,35,36,37)(H,25,26,27,28);. The minimum absolute atomic E-state index is 0. The summed E-state index contributed by atoms with van der Waals surface area (Å²) in [6.45, 7) is 1.50. The van der Waals surface area contributed by atoms with Gasteiger partial charge in [-0.05, 0) is 23.6 Å². The number of azo groups is 1. The van der Waals surface area contributed by atoms with Crippen LogP contribution in [0.1, 0.15) is 0 Å². The molecule has 0 unspecified atom stereocenters. The van der Waals surface area contributed by atoms with E-state index in [1.54, 1.807) is 29.2 Å². The van der Waals surface area contributed by atoms with Crippen LogP contribution >= 0.6 is 12.0 Å². The van der Waals surface area contributed by atoms with Crippen molar-refractivity contribution in [2.24, 2.45) is 10.2 Å². The zero-order valence-electron chi connectivity index (χ0n) is 21.4. The Balaban J connectivity index is 0.00000423. The number of benzene rings is 3. The summed E-state index contributed by atoms with van der Waals surface area (Å²) >= 11 is 0.476. The van der Waals surface area contributed by atoms with Gasteiger partial charge in [0.25, 0.3) is 10.1 Å². The van der Waals surface area contributed by atoms with Crippen LogP contribution in [-0.2, 0) is 41.3 Å². The molecule has 1 radical (unpaired) electrons. The predicted molar refractivity (Wildman–Crippen MR) is 144 cm³/mol. The van der Waals surface area contributed by atoms with Gasteiger partial charge >= 0.3 is 6.08 Å². The number of ether oxygens (including phenoxy) is 1. The number of hydrogen-bond donors (Lipinski definition) is 5. The molecule has 0 saturated carbocycles. The van der Waals surface area contributed by atoms with Crippen LogP contribution in [0.4, 0.5) is 33.3 Å². The summed E-state index contributed by atoms with van der Waals surface area (Å²) in [5, 5.41) is 45.3. The second-order valence-corrected chi connectivity index (χ2v) is 10.6. The summed E-state index contributed by atoms with van der Waals surface area (Å²) in [4.78, 5) is 12.4. The first-order valence-electron chi connectivity index (χ1n) is 11.8. The van der Waals surface area contributed by atoms with Crippen LogP contribution in [0, 0.1) is 6.08 Å². The molecule has 3 aromatic carbocycles. The second kappa shape index (κ2) is 13.7. The van der Waals surface area contributed by atoms with Crippen molar-refractivity contribution < 1.29 is 64.0 Å². The number of halogens is 1. The van der Waals surface area contributed by atoms with Crippen molar-refractivity contribution in [2.45, 2.75) is 9.79 Å². The van der Waals surface area contributed by atoms with Crippen molar-refractivity contribution >= 4 is 61.9 Å². The molecule has 2 heterocycles. The molecule has 4 aromatic rings. The van der Waals surface area contributed by atoms with E-state index in [0.29, 0.717) is 49.1 Å². The van der Waals surface area contributed by atoms with Crippen LogP contribution in [0.5, 0.6) is 11.5 Å². The third kappa shape index (κ3) is 7.44. The molecule has 0 atom stereocenters. The van der Waals surface area contributed by atoms with E-state index < -0.39 is 32.5 Å². The first-order chi connectivity index (χ1) is 20.1. The maximum absolute atomic E-state index is 14.3. The maximum atomic E-state index is 14.3. The molecule has 1 aliphatic rings. The minimum Gasteiger partial charge on any atom is -0.505 e. The fourth-order valence-electron chi connectivity index (χ4n) is 3.94. The largest absolute Gasteiger partial charge is 0.505 e. The topological polar surface area (TPSA) is 221 Å². The fraction of sp³-hybridized carbons (Fsp3) is 0.174. The van der Waals surface area contributed by atoms with E-state index in [1.807, 2.05) is 0 Å². The quantitative estimate of drug-likeness (QED) is 0.0316. The molecule has 43 heavy (non-hydrogen) atoms. The number of aromatic hydroxyl groups is 2. The number of morpholine rings is 1. The first-order valence-corrected chi connectivity index (χ1v) is 14.0. The second-order valence-electron chi connectivity index (χ2n) is 8.49. The van der Waals surface area contributed by atoms with Crippen LogP contribution in [0.3, 0.4) is 0 Å². The van der Waals surface area contributed by atoms with Crippen LogP contribution in [0.15, 0.2) is 62.5 Å². The normalized spacial score (nSPS) is 13.8. The van der Waals surface area contributed by atoms with Gasteiger partial charge in [-0.15, -0.1) is 14.6 Å². The number of rotatable bonds is 9. The van der Waals surface area contributed by atoms with E-state index in [0.717, 1.165) is 12.1 Å². The number of phenols is 2. The summed E-state index contributed by atoms with van der Waals surface area (Å²) in [6.07, 6.45) is -1.15. The van der Waals surface area contributed by atoms with Crippen molar-refractivity contribution in [3.8, 4) is 11.5 Å². The number of nitrogens with zero attached hydrogens (tertiary/aromatic N) is 6. The predicted octanol–water partition coefficient (Wildman–Crippen LogP) is 4.24. The molecule has 0 amide bonds. The first kappa shape index (κ1) is 32.2. The Morgan fingerprint density at radius 1 is 1.05 bits per heavy atom. The third-order valence-electron chi connectivity index (χ3n) is 5.87. The SMILES string of the molecule is O=S(=O)(O)c1cc(N=Nc2c(SOOO)cc3ccccc3c2O)c(O)c(Nc2nc(F)nc(N3CCOCC3)n2)c1.[Cu]. The molecule has 1 saturated heterocycles. The van der Waals surface area contributed by atoms with E-state index in [9.17, 15) is 27.6 Å². The average Bonchev–Trinajstić information content (AvgIpc) is 2.97. The Bertz CT molecular complexity index is 1780. The number of aromatic nitrogens is 3. The van der Waals surface area contributed by atoms with Crippen LogP contribution < -0.4 is 10.2 Å². The summed E-state index contributed by atoms with van der Waals surface area (Å²) < 4.78 is 57.8. The molecular weight excluding hydrogens is 665 g/mol. The Hall–Kier alpha value is -3.72. The molecule has 231 valence electrons. The van der Waals surface area contributed by atoms with Gasteiger partial charge in [-0.3, -0.25) is 4.55 Å². The molecule has 1 fully saturated rings. The zero-order valence-corrected chi connectivity index (χ0v) is 24.0. The van der Waals surface area contributed by atoms with Crippen LogP contribution in [-0.4, -0.2) is 69.7 Å². The Kier molecular flexibility index (Phi) is 10.3. The molecule has 0 spiro atoms. The minimum atomic E-state index is -4.85. The Morgan fingerprint density at radius 2 is 1.79 bits per heavy atom. The van der Waals surface area contributed by atoms with Crippen molar-refractivity contribution in [3.63, 3.8) is 0 Å². The maximum Gasteiger partial charge on any atom is 0.315 e. The van der Waals surface area contributed by atoms with E-state index in [-0.39, 0.29) is 51.0 Å². The van der Waals surface area contributed by atoms with Gasteiger partial charge in [0, 0.05) is 35.5 Å². The third-order valence-corrected chi connectivity index (χ3v) is 7.32. The van der Waals surface area contributed by atoms with E-state index >= 15 is 0 Å². The van der Waals surface area contributed by atoms with Gasteiger partial charge < -0.3 is 25.2 Å². The number of hydrogen-bond acceptors (Lipinski definition) is 16. The van der Waals surface area contributed by atoms with E-state index in [2.05, 4.69) is 39.9 Å². The number of anilines is 3. The van der Waals surface area contributed by atoms with Gasteiger partial charge in [-0.1, -0.05) is 29.3 Å². The number of phenolic OH excluding ortho intramolecular Hbond substituents is 2. The monoisotopic (exact) mass is 684 g/mol. The molecule has 0 bridgehead atoms. The summed E-state index contributed by atoms with van der Waals surface area (Å²) in [5.41, 5.74) is -1.07. The van der Waals surface area contributed by atoms with Gasteiger partial charge in [0.2, 0.25) is 11.9 Å². The van der Waals surface area contributed by atoms with Crippen molar-refractivity contribution in [1.29, 1.82) is 0 Å². The molecular formula is C23H20CuFN7O9S2. The molecule has 16 nitrogen and oxygen atoms in total. The van der Waals surface area contributed by atoms with Crippen LogP contribution in [0.25, 0.3) is 10.8 Å². The van der Waals surface area contributed by atoms with Crippen LogP contribution in [0.2, 0.25) is 0 Å². The molecule has 0 aliphatic carbocycles. The van der Waals surface area contributed by atoms with Gasteiger partial charge in [0.05, 0.1) is 40.7 Å². The number of fused-ring (bicyclic) bond motifs is 1. The van der Waals surface area contributed by atoms with Crippen molar-refractivity contribution in [1.82, 2.24) is 15.0 Å². The van der Waals surface area contributed by atoms with Gasteiger partial charge in [-0.25, -0.2) is 5.26 Å².